The second-order valence-corrected chi connectivity index (χ2v) is 4.80. The Morgan fingerprint density at radius 3 is 2.45 bits per heavy atom. The van der Waals surface area contributed by atoms with Crippen molar-refractivity contribution in [3.05, 3.63) is 57.8 Å². The van der Waals surface area contributed by atoms with E-state index >= 15 is 0 Å². The van der Waals surface area contributed by atoms with Crippen molar-refractivity contribution in [2.24, 2.45) is 0 Å². The van der Waals surface area contributed by atoms with E-state index in [1.54, 1.807) is 11.9 Å². The molecule has 0 amide bonds. The predicted octanol–water partition coefficient (Wildman–Crippen LogP) is 2.90. The Labute approximate surface area is 123 Å². The summed E-state index contributed by atoms with van der Waals surface area (Å²) in [6, 6.07) is 6.08. The number of rotatable bonds is 5. The summed E-state index contributed by atoms with van der Waals surface area (Å²) < 4.78 is 38.6. The lowest BCUT2D eigenvalue weighted by Crippen LogP contribution is -2.23. The summed E-state index contributed by atoms with van der Waals surface area (Å²) in [4.78, 5) is 11.9. The molecule has 0 atom stereocenters. The van der Waals surface area contributed by atoms with Crippen LogP contribution in [0.2, 0.25) is 0 Å². The van der Waals surface area contributed by atoms with Crippen LogP contribution in [-0.2, 0) is 19.4 Å². The van der Waals surface area contributed by atoms with E-state index in [2.05, 4.69) is 5.10 Å². The zero-order valence-corrected chi connectivity index (χ0v) is 11.6. The minimum absolute atomic E-state index is 0.140. The van der Waals surface area contributed by atoms with Crippen molar-refractivity contribution in [2.45, 2.75) is 19.4 Å². The molecule has 0 aliphatic carbocycles. The predicted molar refractivity (Wildman–Crippen MR) is 71.8 cm³/mol. The second kappa shape index (κ2) is 6.14. The Hall–Kier alpha value is -2.42. The summed E-state index contributed by atoms with van der Waals surface area (Å²) in [7, 11) is 1.70. The maximum absolute atomic E-state index is 12.5. The molecule has 1 aromatic heterocycles. The first-order valence-corrected chi connectivity index (χ1v) is 6.28. The van der Waals surface area contributed by atoms with E-state index in [-0.39, 0.29) is 12.5 Å². The van der Waals surface area contributed by atoms with Gasteiger partial charge in [-0.2, -0.15) is 13.2 Å². The van der Waals surface area contributed by atoms with Gasteiger partial charge in [0.05, 0.1) is 17.8 Å². The van der Waals surface area contributed by atoms with Gasteiger partial charge < -0.3 is 10.1 Å². The van der Waals surface area contributed by atoms with Gasteiger partial charge in [0.15, 0.2) is 6.67 Å². The smallest absolute Gasteiger partial charge is 0.358 e. The van der Waals surface area contributed by atoms with Crippen LogP contribution >= 0.6 is 0 Å². The molecule has 2 aromatic rings. The summed E-state index contributed by atoms with van der Waals surface area (Å²) in [5.74, 6) is -0.140. The largest absolute Gasteiger partial charge is 0.416 e. The van der Waals surface area contributed by atoms with Crippen molar-refractivity contribution in [3.8, 4) is 0 Å². The zero-order chi connectivity index (χ0) is 16.3. The molecule has 1 aromatic carbocycles. The van der Waals surface area contributed by atoms with Crippen LogP contribution in [0.25, 0.3) is 0 Å². The van der Waals surface area contributed by atoms with Gasteiger partial charge in [0.25, 0.3) is 0 Å². The van der Waals surface area contributed by atoms with Crippen molar-refractivity contribution in [2.75, 3.05) is 7.05 Å². The van der Waals surface area contributed by atoms with E-state index in [1.807, 2.05) is 0 Å². The van der Waals surface area contributed by atoms with E-state index in [9.17, 15) is 23.3 Å². The molecule has 0 saturated carbocycles. The van der Waals surface area contributed by atoms with Crippen LogP contribution in [0.5, 0.6) is 0 Å². The molecule has 6 nitrogen and oxygen atoms in total. The van der Waals surface area contributed by atoms with Gasteiger partial charge in [-0.25, -0.2) is 0 Å². The number of halogens is 3. The van der Waals surface area contributed by atoms with E-state index < -0.39 is 16.7 Å². The third-order valence-electron chi connectivity index (χ3n) is 2.99. The normalized spacial score (nSPS) is 11.9. The lowest BCUT2D eigenvalue weighted by atomic mass is 10.1. The molecule has 118 valence electrons. The standard InChI is InChI=1S/C13H13F3N4O2/c1-18(9-19-12(20(21)22)6-7-17-19)8-10-2-4-11(5-3-10)13(14,15)16/h2-7H,8-9H2,1H3. The highest BCUT2D eigenvalue weighted by Crippen LogP contribution is 2.29. The minimum atomic E-state index is -4.36. The van der Waals surface area contributed by atoms with Crippen LogP contribution in [-0.4, -0.2) is 26.7 Å². The Kier molecular flexibility index (Phi) is 4.45. The molecule has 0 saturated heterocycles. The Morgan fingerprint density at radius 2 is 1.91 bits per heavy atom. The van der Waals surface area contributed by atoms with Gasteiger partial charge in [0.2, 0.25) is 0 Å². The maximum atomic E-state index is 12.5. The zero-order valence-electron chi connectivity index (χ0n) is 11.6. The fourth-order valence-electron chi connectivity index (χ4n) is 1.98. The Balaban J connectivity index is 2.01. The summed E-state index contributed by atoms with van der Waals surface area (Å²) in [5, 5.41) is 14.6. The molecule has 9 heteroatoms. The molecule has 0 bridgehead atoms. The SMILES string of the molecule is CN(Cc1ccc(C(F)(F)F)cc1)Cn1nccc1[N+](=O)[O-]. The molecule has 1 heterocycles. The average molecular weight is 314 g/mol. The highest BCUT2D eigenvalue weighted by atomic mass is 19.4. The van der Waals surface area contributed by atoms with Gasteiger partial charge in [-0.05, 0) is 29.7 Å². The van der Waals surface area contributed by atoms with Gasteiger partial charge in [0, 0.05) is 6.54 Å². The quantitative estimate of drug-likeness (QED) is 0.629. The molecule has 0 fully saturated rings. The summed E-state index contributed by atoms with van der Waals surface area (Å²) in [6.45, 7) is 0.499. The second-order valence-electron chi connectivity index (χ2n) is 4.80. The van der Waals surface area contributed by atoms with Crippen molar-refractivity contribution >= 4 is 5.82 Å². The summed E-state index contributed by atoms with van der Waals surface area (Å²) in [6.07, 6.45) is -3.04. The first kappa shape index (κ1) is 16.0. The fraction of sp³-hybridized carbons (Fsp3) is 0.308. The lowest BCUT2D eigenvalue weighted by molar-refractivity contribution is -0.393. The van der Waals surface area contributed by atoms with E-state index in [1.165, 1.54) is 29.1 Å². The highest BCUT2D eigenvalue weighted by Gasteiger charge is 2.29. The van der Waals surface area contributed by atoms with Crippen LogP contribution in [0.15, 0.2) is 36.5 Å². The number of aromatic nitrogens is 2. The van der Waals surface area contributed by atoms with E-state index in [0.717, 1.165) is 12.1 Å². The summed E-state index contributed by atoms with van der Waals surface area (Å²) in [5.41, 5.74) is -0.0353. The first-order valence-electron chi connectivity index (χ1n) is 6.28. The Morgan fingerprint density at radius 1 is 1.27 bits per heavy atom. The van der Waals surface area contributed by atoms with Crippen LogP contribution in [0, 0.1) is 10.1 Å². The first-order chi connectivity index (χ1) is 10.3. The molecule has 0 spiro atoms. The van der Waals surface area contributed by atoms with Gasteiger partial charge in [-0.3, -0.25) is 4.90 Å². The topological polar surface area (TPSA) is 64.2 Å². The van der Waals surface area contributed by atoms with Crippen molar-refractivity contribution in [1.82, 2.24) is 14.7 Å². The van der Waals surface area contributed by atoms with Crippen molar-refractivity contribution in [3.63, 3.8) is 0 Å². The molecule has 22 heavy (non-hydrogen) atoms. The lowest BCUT2D eigenvalue weighted by Gasteiger charge is -2.15. The van der Waals surface area contributed by atoms with Gasteiger partial charge in [0.1, 0.15) is 0 Å². The molecule has 0 aliphatic rings. The fourth-order valence-corrected chi connectivity index (χ4v) is 1.98. The highest BCUT2D eigenvalue weighted by molar-refractivity contribution is 5.24. The van der Waals surface area contributed by atoms with Gasteiger partial charge >= 0.3 is 12.0 Å². The van der Waals surface area contributed by atoms with E-state index in [4.69, 9.17) is 0 Å². The molecular weight excluding hydrogens is 301 g/mol. The van der Waals surface area contributed by atoms with Crippen LogP contribution in [0.1, 0.15) is 11.1 Å². The molecule has 0 aliphatic heterocycles. The third kappa shape index (κ3) is 3.82. The number of hydrogen-bond acceptors (Lipinski definition) is 4. The Bertz CT molecular complexity index is 652. The van der Waals surface area contributed by atoms with Crippen LogP contribution < -0.4 is 0 Å². The van der Waals surface area contributed by atoms with Gasteiger partial charge in [-0.1, -0.05) is 17.2 Å². The monoisotopic (exact) mass is 314 g/mol. The minimum Gasteiger partial charge on any atom is -0.358 e. The average Bonchev–Trinajstić information content (AvgIpc) is 2.86. The molecule has 0 N–H and O–H groups in total. The molecular formula is C13H13F3N4O2. The number of hydrogen-bond donors (Lipinski definition) is 0. The van der Waals surface area contributed by atoms with E-state index in [0.29, 0.717) is 12.1 Å². The number of benzene rings is 1. The third-order valence-corrected chi connectivity index (χ3v) is 2.99. The van der Waals surface area contributed by atoms with Gasteiger partial charge in [-0.15, -0.1) is 4.68 Å². The number of nitro groups is 1. The number of alkyl halides is 3. The van der Waals surface area contributed by atoms with Crippen molar-refractivity contribution in [1.29, 1.82) is 0 Å². The maximum Gasteiger partial charge on any atom is 0.416 e. The molecule has 2 rings (SSSR count). The van der Waals surface area contributed by atoms with Crippen LogP contribution in [0.4, 0.5) is 19.0 Å². The number of nitrogens with zero attached hydrogens (tertiary/aromatic N) is 4. The summed E-state index contributed by atoms with van der Waals surface area (Å²) >= 11 is 0. The van der Waals surface area contributed by atoms with Crippen LogP contribution in [0.3, 0.4) is 0 Å². The molecule has 0 radical (unpaired) electrons. The molecule has 0 unspecified atom stereocenters. The van der Waals surface area contributed by atoms with Crippen molar-refractivity contribution < 1.29 is 18.1 Å².